The molecule has 0 saturated heterocycles. The van der Waals surface area contributed by atoms with E-state index in [-0.39, 0.29) is 6.54 Å². The molecule has 0 saturated carbocycles. The first-order valence-corrected chi connectivity index (χ1v) is 4.84. The molecule has 0 fully saturated rings. The molecule has 0 aliphatic heterocycles. The topological polar surface area (TPSA) is 43.8 Å². The third kappa shape index (κ3) is 2.31. The number of benzene rings is 1. The van der Waals surface area contributed by atoms with Crippen LogP contribution in [0.3, 0.4) is 0 Å². The van der Waals surface area contributed by atoms with E-state index in [0.29, 0.717) is 11.3 Å². The van der Waals surface area contributed by atoms with Crippen LogP contribution < -0.4 is 5.73 Å². The Bertz CT molecular complexity index is 517. The largest absolute Gasteiger partial charge is 0.433 e. The molecule has 1 radical (unpaired) electrons. The zero-order valence-electron chi connectivity index (χ0n) is 8.70. The van der Waals surface area contributed by atoms with Crippen molar-refractivity contribution in [1.82, 2.24) is 9.78 Å². The van der Waals surface area contributed by atoms with Gasteiger partial charge >= 0.3 is 6.18 Å². The number of alkyl halides is 3. The van der Waals surface area contributed by atoms with Crippen LogP contribution in [0, 0.1) is 6.07 Å². The number of hydrogen-bond acceptors (Lipinski definition) is 2. The van der Waals surface area contributed by atoms with E-state index < -0.39 is 11.9 Å². The fourth-order valence-corrected chi connectivity index (χ4v) is 1.48. The molecule has 0 aliphatic carbocycles. The summed E-state index contributed by atoms with van der Waals surface area (Å²) in [5, 5.41) is 3.67. The Balaban J connectivity index is 2.50. The average molecular weight is 240 g/mol. The van der Waals surface area contributed by atoms with Gasteiger partial charge in [0.15, 0.2) is 0 Å². The second-order valence-corrected chi connectivity index (χ2v) is 3.40. The molecule has 1 aromatic heterocycles. The molecular weight excluding hydrogens is 231 g/mol. The van der Waals surface area contributed by atoms with E-state index in [4.69, 9.17) is 5.73 Å². The molecule has 1 heterocycles. The van der Waals surface area contributed by atoms with Gasteiger partial charge in [0.25, 0.3) is 0 Å². The number of hydrogen-bond donors (Lipinski definition) is 1. The molecule has 17 heavy (non-hydrogen) atoms. The molecular formula is C11H9F3N3. The van der Waals surface area contributed by atoms with Crippen molar-refractivity contribution in [3.63, 3.8) is 0 Å². The van der Waals surface area contributed by atoms with Gasteiger partial charge in [-0.15, -0.1) is 0 Å². The summed E-state index contributed by atoms with van der Waals surface area (Å²) in [5.41, 5.74) is 5.55. The van der Waals surface area contributed by atoms with Gasteiger partial charge in [0.1, 0.15) is 5.69 Å². The highest BCUT2D eigenvalue weighted by atomic mass is 19.4. The van der Waals surface area contributed by atoms with E-state index >= 15 is 0 Å². The first-order chi connectivity index (χ1) is 8.02. The highest BCUT2D eigenvalue weighted by Gasteiger charge is 2.35. The van der Waals surface area contributed by atoms with Gasteiger partial charge in [0.2, 0.25) is 0 Å². The van der Waals surface area contributed by atoms with Crippen molar-refractivity contribution in [2.45, 2.75) is 12.7 Å². The lowest BCUT2D eigenvalue weighted by Crippen LogP contribution is -2.13. The van der Waals surface area contributed by atoms with Crippen LogP contribution in [0.5, 0.6) is 0 Å². The van der Waals surface area contributed by atoms with Crippen molar-refractivity contribution in [2.75, 3.05) is 0 Å². The summed E-state index contributed by atoms with van der Waals surface area (Å²) in [4.78, 5) is 0. The predicted octanol–water partition coefficient (Wildman–Crippen LogP) is 2.15. The van der Waals surface area contributed by atoms with Crippen LogP contribution in [0.2, 0.25) is 0 Å². The summed E-state index contributed by atoms with van der Waals surface area (Å²) in [6.07, 6.45) is -3.32. The first-order valence-electron chi connectivity index (χ1n) is 4.84. The molecule has 3 nitrogen and oxygen atoms in total. The van der Waals surface area contributed by atoms with E-state index in [2.05, 4.69) is 11.2 Å². The molecule has 0 unspecified atom stereocenters. The van der Waals surface area contributed by atoms with Gasteiger partial charge < -0.3 is 5.73 Å². The quantitative estimate of drug-likeness (QED) is 0.874. The van der Waals surface area contributed by atoms with Crippen molar-refractivity contribution in [3.05, 3.63) is 47.8 Å². The minimum absolute atomic E-state index is 0.219. The van der Waals surface area contributed by atoms with Crippen molar-refractivity contribution in [2.24, 2.45) is 5.73 Å². The Kier molecular flexibility index (Phi) is 2.89. The Hall–Kier alpha value is -1.82. The normalized spacial score (nSPS) is 11.8. The Morgan fingerprint density at radius 3 is 2.76 bits per heavy atom. The van der Waals surface area contributed by atoms with Gasteiger partial charge in [0.05, 0.1) is 11.9 Å². The third-order valence-electron chi connectivity index (χ3n) is 2.24. The van der Waals surface area contributed by atoms with Gasteiger partial charge in [-0.2, -0.15) is 18.3 Å². The fraction of sp³-hybridized carbons (Fsp3) is 0.182. The van der Waals surface area contributed by atoms with Crippen molar-refractivity contribution < 1.29 is 13.2 Å². The van der Waals surface area contributed by atoms with Crippen LogP contribution in [0.15, 0.2) is 30.5 Å². The van der Waals surface area contributed by atoms with Crippen LogP contribution in [0.1, 0.15) is 11.3 Å². The lowest BCUT2D eigenvalue weighted by atomic mass is 10.2. The lowest BCUT2D eigenvalue weighted by Gasteiger charge is -2.10. The Morgan fingerprint density at radius 2 is 2.12 bits per heavy atom. The van der Waals surface area contributed by atoms with Crippen LogP contribution in [-0.4, -0.2) is 9.78 Å². The summed E-state index contributed by atoms with van der Waals surface area (Å²) in [7, 11) is 0. The molecule has 6 heteroatoms. The van der Waals surface area contributed by atoms with E-state index in [1.165, 1.54) is 18.2 Å². The summed E-state index contributed by atoms with van der Waals surface area (Å²) >= 11 is 0. The van der Waals surface area contributed by atoms with Crippen LogP contribution in [0.25, 0.3) is 5.69 Å². The minimum atomic E-state index is -4.43. The third-order valence-corrected chi connectivity index (χ3v) is 2.24. The summed E-state index contributed by atoms with van der Waals surface area (Å²) < 4.78 is 38.8. The highest BCUT2D eigenvalue weighted by Crippen LogP contribution is 2.30. The molecule has 0 spiro atoms. The second kappa shape index (κ2) is 4.21. The number of nitrogens with zero attached hydrogens (tertiary/aromatic N) is 2. The Morgan fingerprint density at radius 1 is 1.35 bits per heavy atom. The van der Waals surface area contributed by atoms with Crippen LogP contribution in [0.4, 0.5) is 13.2 Å². The monoisotopic (exact) mass is 240 g/mol. The molecule has 2 N–H and O–H groups in total. The number of nitrogens with two attached hydrogens (primary N) is 1. The minimum Gasteiger partial charge on any atom is -0.326 e. The molecule has 0 bridgehead atoms. The maximum atomic E-state index is 12.7. The van der Waals surface area contributed by atoms with Crippen molar-refractivity contribution in [3.8, 4) is 5.69 Å². The molecule has 0 atom stereocenters. The number of aromatic nitrogens is 2. The summed E-state index contributed by atoms with van der Waals surface area (Å²) in [6, 6.07) is 8.32. The first kappa shape index (κ1) is 11.7. The smallest absolute Gasteiger partial charge is 0.326 e. The molecule has 2 rings (SSSR count). The van der Waals surface area contributed by atoms with Gasteiger partial charge in [-0.1, -0.05) is 6.07 Å². The van der Waals surface area contributed by atoms with E-state index in [1.54, 1.807) is 0 Å². The predicted molar refractivity (Wildman–Crippen MR) is 55.3 cm³/mol. The van der Waals surface area contributed by atoms with E-state index in [0.717, 1.165) is 16.9 Å². The standard InChI is InChI=1S/C11H9F3N3/c12-11(13,14)10-4-5-16-17(10)9-3-1-2-8(6-9)7-15/h1,3-6H,7,15H2. The fourth-order valence-electron chi connectivity index (χ4n) is 1.48. The Labute approximate surface area is 95.7 Å². The van der Waals surface area contributed by atoms with Crippen molar-refractivity contribution >= 4 is 0 Å². The van der Waals surface area contributed by atoms with Gasteiger partial charge in [0, 0.05) is 6.54 Å². The second-order valence-electron chi connectivity index (χ2n) is 3.40. The van der Waals surface area contributed by atoms with E-state index in [9.17, 15) is 13.2 Å². The molecule has 0 aliphatic rings. The molecule has 89 valence electrons. The highest BCUT2D eigenvalue weighted by molar-refractivity contribution is 5.36. The van der Waals surface area contributed by atoms with Crippen molar-refractivity contribution in [1.29, 1.82) is 0 Å². The summed E-state index contributed by atoms with van der Waals surface area (Å²) in [6.45, 7) is 0.219. The van der Waals surface area contributed by atoms with Gasteiger partial charge in [-0.3, -0.25) is 0 Å². The molecule has 0 amide bonds. The zero-order valence-corrected chi connectivity index (χ0v) is 8.70. The van der Waals surface area contributed by atoms with Crippen LogP contribution in [-0.2, 0) is 12.7 Å². The summed E-state index contributed by atoms with van der Waals surface area (Å²) in [5.74, 6) is 0. The maximum Gasteiger partial charge on any atom is 0.433 e. The number of rotatable bonds is 2. The van der Waals surface area contributed by atoms with Gasteiger partial charge in [-0.05, 0) is 29.8 Å². The van der Waals surface area contributed by atoms with E-state index in [1.807, 2.05) is 0 Å². The van der Waals surface area contributed by atoms with Gasteiger partial charge in [-0.25, -0.2) is 4.68 Å². The van der Waals surface area contributed by atoms with Crippen LogP contribution >= 0.6 is 0 Å². The average Bonchev–Trinajstić information content (AvgIpc) is 2.77. The maximum absolute atomic E-state index is 12.7. The molecule has 2 aromatic rings. The SMILES string of the molecule is NCc1[c]ccc(-n2nccc2C(F)(F)F)c1. The zero-order chi connectivity index (χ0) is 12.5. The molecule has 1 aromatic carbocycles. The number of halogens is 3. The lowest BCUT2D eigenvalue weighted by molar-refractivity contribution is -0.142.